The van der Waals surface area contributed by atoms with Crippen LogP contribution in [0.3, 0.4) is 0 Å². The van der Waals surface area contributed by atoms with Crippen molar-refractivity contribution in [3.05, 3.63) is 30.2 Å². The molecule has 2 N–H and O–H groups in total. The van der Waals surface area contributed by atoms with Crippen molar-refractivity contribution < 1.29 is 18.8 Å². The smallest absolute Gasteiger partial charge is 0.239 e. The van der Waals surface area contributed by atoms with Crippen LogP contribution in [0.1, 0.15) is 25.7 Å². The molecule has 1 heterocycles. The minimum Gasteiger partial charge on any atom is -0.497 e. The molecule has 2 rings (SSSR count). The van der Waals surface area contributed by atoms with E-state index in [0.717, 1.165) is 17.7 Å². The molecule has 0 bridgehead atoms. The molecule has 1 aromatic heterocycles. The van der Waals surface area contributed by atoms with Crippen molar-refractivity contribution in [1.29, 1.82) is 0 Å². The molecule has 2 aromatic rings. The number of nitrogens with zero attached hydrogens (tertiary/aromatic N) is 2. The van der Waals surface area contributed by atoms with Gasteiger partial charge in [-0.1, -0.05) is 12.1 Å². The number of aryl methyl sites for hydroxylation is 1. The predicted octanol–water partition coefficient (Wildman–Crippen LogP) is 1.32. The maximum atomic E-state index is 11.7. The van der Waals surface area contributed by atoms with Gasteiger partial charge in [0, 0.05) is 24.9 Å². The number of aromatic nitrogens is 2. The number of carbonyl (C=O) groups is 2. The van der Waals surface area contributed by atoms with Crippen molar-refractivity contribution >= 4 is 11.8 Å². The van der Waals surface area contributed by atoms with E-state index in [1.807, 2.05) is 31.2 Å². The first-order valence-corrected chi connectivity index (χ1v) is 8.12. The molecule has 0 aliphatic carbocycles. The summed E-state index contributed by atoms with van der Waals surface area (Å²) in [5.74, 6) is 1.13. The molecular weight excluding hydrogens is 324 g/mol. The molecule has 0 saturated heterocycles. The van der Waals surface area contributed by atoms with Gasteiger partial charge in [-0.05, 0) is 30.7 Å². The Kier molecular flexibility index (Phi) is 6.94. The quantitative estimate of drug-likeness (QED) is 0.709. The highest BCUT2D eigenvalue weighted by atomic mass is 16.5. The first-order chi connectivity index (χ1) is 12.1. The summed E-state index contributed by atoms with van der Waals surface area (Å²) in [4.78, 5) is 27.4. The van der Waals surface area contributed by atoms with E-state index in [2.05, 4.69) is 20.8 Å². The van der Waals surface area contributed by atoms with E-state index in [4.69, 9.17) is 9.26 Å². The third-order valence-corrected chi connectivity index (χ3v) is 3.40. The van der Waals surface area contributed by atoms with E-state index in [0.29, 0.717) is 24.7 Å². The first-order valence-electron chi connectivity index (χ1n) is 8.12. The summed E-state index contributed by atoms with van der Waals surface area (Å²) in [6.07, 6.45) is 1.34. The van der Waals surface area contributed by atoms with Crippen molar-refractivity contribution in [1.82, 2.24) is 20.8 Å². The molecule has 0 unspecified atom stereocenters. The van der Waals surface area contributed by atoms with Crippen molar-refractivity contribution in [2.45, 2.75) is 26.2 Å². The van der Waals surface area contributed by atoms with Crippen LogP contribution in [0, 0.1) is 0 Å². The normalized spacial score (nSPS) is 10.3. The zero-order chi connectivity index (χ0) is 18.1. The fourth-order valence-electron chi connectivity index (χ4n) is 2.03. The Balaban J connectivity index is 1.78. The van der Waals surface area contributed by atoms with E-state index in [1.165, 1.54) is 0 Å². The van der Waals surface area contributed by atoms with Crippen LogP contribution in [0.15, 0.2) is 28.8 Å². The van der Waals surface area contributed by atoms with Crippen LogP contribution in [0.4, 0.5) is 0 Å². The Hall–Kier alpha value is -2.90. The van der Waals surface area contributed by atoms with Gasteiger partial charge in [0.2, 0.25) is 23.5 Å². The highest BCUT2D eigenvalue weighted by Crippen LogP contribution is 2.19. The number of benzene rings is 1. The van der Waals surface area contributed by atoms with E-state index >= 15 is 0 Å². The molecule has 0 radical (unpaired) electrons. The summed E-state index contributed by atoms with van der Waals surface area (Å²) < 4.78 is 10.3. The summed E-state index contributed by atoms with van der Waals surface area (Å²) in [5, 5.41) is 9.15. The summed E-state index contributed by atoms with van der Waals surface area (Å²) in [6, 6.07) is 7.27. The largest absolute Gasteiger partial charge is 0.497 e. The topological polar surface area (TPSA) is 106 Å². The molecule has 0 fully saturated rings. The lowest BCUT2D eigenvalue weighted by atomic mass is 10.2. The first kappa shape index (κ1) is 18.4. The highest BCUT2D eigenvalue weighted by Gasteiger charge is 2.11. The maximum absolute atomic E-state index is 11.7. The van der Waals surface area contributed by atoms with Crippen molar-refractivity contribution in [3.8, 4) is 17.1 Å². The van der Waals surface area contributed by atoms with Crippen LogP contribution in [0.25, 0.3) is 11.4 Å². The summed E-state index contributed by atoms with van der Waals surface area (Å²) in [7, 11) is 1.60. The van der Waals surface area contributed by atoms with Gasteiger partial charge in [0.25, 0.3) is 0 Å². The average molecular weight is 346 g/mol. The van der Waals surface area contributed by atoms with Crippen LogP contribution < -0.4 is 15.4 Å². The predicted molar refractivity (Wildman–Crippen MR) is 90.9 cm³/mol. The molecule has 1 aromatic carbocycles. The number of hydrogen-bond acceptors (Lipinski definition) is 6. The lowest BCUT2D eigenvalue weighted by molar-refractivity contribution is -0.126. The van der Waals surface area contributed by atoms with Gasteiger partial charge in [0.15, 0.2) is 0 Å². The lowest BCUT2D eigenvalue weighted by Crippen LogP contribution is -2.37. The monoisotopic (exact) mass is 346 g/mol. The lowest BCUT2D eigenvalue weighted by Gasteiger charge is -2.04. The fourth-order valence-corrected chi connectivity index (χ4v) is 2.03. The third-order valence-electron chi connectivity index (χ3n) is 3.40. The Morgan fingerprint density at radius 1 is 1.16 bits per heavy atom. The van der Waals surface area contributed by atoms with Crippen molar-refractivity contribution in [3.63, 3.8) is 0 Å². The second kappa shape index (κ2) is 9.41. The molecule has 0 aliphatic rings. The fraction of sp³-hybridized carbons (Fsp3) is 0.412. The van der Waals surface area contributed by atoms with Gasteiger partial charge in [-0.15, -0.1) is 0 Å². The summed E-state index contributed by atoms with van der Waals surface area (Å²) >= 11 is 0. The zero-order valence-corrected chi connectivity index (χ0v) is 14.4. The van der Waals surface area contributed by atoms with Gasteiger partial charge in [0.1, 0.15) is 5.75 Å². The standard InChI is InChI=1S/C17H22N4O4/c1-3-10-18-15(23)11-19-14(22)8-9-16-20-17(21-25-16)12-4-6-13(24-2)7-5-12/h4-7H,3,8-11H2,1-2H3,(H,18,23)(H,19,22). The molecule has 8 heteroatoms. The Morgan fingerprint density at radius 2 is 1.92 bits per heavy atom. The van der Waals surface area contributed by atoms with Crippen molar-refractivity contribution in [2.75, 3.05) is 20.2 Å². The van der Waals surface area contributed by atoms with Gasteiger partial charge in [-0.25, -0.2) is 0 Å². The SMILES string of the molecule is CCCNC(=O)CNC(=O)CCc1nc(-c2ccc(OC)cc2)no1. The minimum atomic E-state index is -0.240. The summed E-state index contributed by atoms with van der Waals surface area (Å²) in [5.41, 5.74) is 0.799. The number of carbonyl (C=O) groups excluding carboxylic acids is 2. The number of ether oxygens (including phenoxy) is 1. The van der Waals surface area contributed by atoms with Gasteiger partial charge in [-0.2, -0.15) is 4.98 Å². The molecule has 8 nitrogen and oxygen atoms in total. The van der Waals surface area contributed by atoms with E-state index in [-0.39, 0.29) is 24.8 Å². The highest BCUT2D eigenvalue weighted by molar-refractivity contribution is 5.84. The van der Waals surface area contributed by atoms with Crippen LogP contribution in [-0.4, -0.2) is 42.2 Å². The number of methoxy groups -OCH3 is 1. The number of nitrogens with one attached hydrogen (secondary N) is 2. The molecular formula is C17H22N4O4. The van der Waals surface area contributed by atoms with Crippen LogP contribution >= 0.6 is 0 Å². The number of hydrogen-bond donors (Lipinski definition) is 2. The van der Waals surface area contributed by atoms with Gasteiger partial charge < -0.3 is 19.9 Å². The van der Waals surface area contributed by atoms with E-state index in [1.54, 1.807) is 7.11 Å². The summed E-state index contributed by atoms with van der Waals surface area (Å²) in [6.45, 7) is 2.54. The number of amides is 2. The van der Waals surface area contributed by atoms with Crippen molar-refractivity contribution in [2.24, 2.45) is 0 Å². The van der Waals surface area contributed by atoms with E-state index in [9.17, 15) is 9.59 Å². The second-order valence-corrected chi connectivity index (χ2v) is 5.37. The van der Waals surface area contributed by atoms with Gasteiger partial charge in [-0.3, -0.25) is 9.59 Å². The second-order valence-electron chi connectivity index (χ2n) is 5.37. The van der Waals surface area contributed by atoms with Crippen LogP contribution in [0.2, 0.25) is 0 Å². The minimum absolute atomic E-state index is 0.0280. The molecule has 2 amide bonds. The average Bonchev–Trinajstić information content (AvgIpc) is 3.12. The molecule has 25 heavy (non-hydrogen) atoms. The Morgan fingerprint density at radius 3 is 2.60 bits per heavy atom. The third kappa shape index (κ3) is 5.91. The molecule has 0 aliphatic heterocycles. The molecule has 0 spiro atoms. The van der Waals surface area contributed by atoms with Gasteiger partial charge >= 0.3 is 0 Å². The Labute approximate surface area is 145 Å². The zero-order valence-electron chi connectivity index (χ0n) is 14.4. The maximum Gasteiger partial charge on any atom is 0.239 e. The molecule has 0 atom stereocenters. The van der Waals surface area contributed by atoms with Crippen LogP contribution in [0.5, 0.6) is 5.75 Å². The van der Waals surface area contributed by atoms with Gasteiger partial charge in [0.05, 0.1) is 13.7 Å². The van der Waals surface area contributed by atoms with E-state index < -0.39 is 0 Å². The van der Waals surface area contributed by atoms with Crippen LogP contribution in [-0.2, 0) is 16.0 Å². The number of rotatable bonds is 9. The Bertz CT molecular complexity index is 697. The molecule has 134 valence electrons. The molecule has 0 saturated carbocycles.